The minimum Gasteiger partial charge on any atom is -0.349 e. The maximum absolute atomic E-state index is 12.2. The minimum atomic E-state index is 0. The molecule has 2 rings (SSSR count). The Kier molecular flexibility index (Phi) is 6.50. The minimum absolute atomic E-state index is 0. The molecule has 1 atom stereocenters. The van der Waals surface area contributed by atoms with Crippen LogP contribution in [0.15, 0.2) is 18.2 Å². The number of aryl methyl sites for hydroxylation is 1. The number of benzene rings is 1. The first kappa shape index (κ1) is 17.0. The number of carbonyl (C=O) groups excluding carboxylic acids is 1. The van der Waals surface area contributed by atoms with Crippen LogP contribution in [0.3, 0.4) is 0 Å². The summed E-state index contributed by atoms with van der Waals surface area (Å²) < 4.78 is 0. The molecule has 0 radical (unpaired) electrons. The zero-order valence-corrected chi connectivity index (χ0v) is 13.3. The summed E-state index contributed by atoms with van der Waals surface area (Å²) in [6, 6.07) is 6.36. The Balaban J connectivity index is 0.00000200. The molecule has 1 amide bonds. The molecule has 112 valence electrons. The fourth-order valence-electron chi connectivity index (χ4n) is 2.74. The van der Waals surface area contributed by atoms with Crippen LogP contribution < -0.4 is 10.6 Å². The van der Waals surface area contributed by atoms with Gasteiger partial charge >= 0.3 is 0 Å². The van der Waals surface area contributed by atoms with Crippen molar-refractivity contribution in [3.63, 3.8) is 0 Å². The van der Waals surface area contributed by atoms with Gasteiger partial charge in [-0.2, -0.15) is 0 Å². The van der Waals surface area contributed by atoms with Gasteiger partial charge in [-0.3, -0.25) is 4.79 Å². The van der Waals surface area contributed by atoms with E-state index in [0.29, 0.717) is 0 Å². The van der Waals surface area contributed by atoms with Crippen molar-refractivity contribution in [2.24, 2.45) is 5.92 Å². The quantitative estimate of drug-likeness (QED) is 0.900. The molecular formula is C16H25ClN2O. The van der Waals surface area contributed by atoms with Gasteiger partial charge in [0.05, 0.1) is 6.04 Å². The lowest BCUT2D eigenvalue weighted by atomic mass is 9.95. The van der Waals surface area contributed by atoms with E-state index in [9.17, 15) is 4.79 Å². The van der Waals surface area contributed by atoms with Crippen LogP contribution in [0.4, 0.5) is 0 Å². The number of amides is 1. The van der Waals surface area contributed by atoms with Crippen molar-refractivity contribution in [1.29, 1.82) is 0 Å². The Morgan fingerprint density at radius 2 is 1.95 bits per heavy atom. The number of piperidine rings is 1. The Morgan fingerprint density at radius 1 is 1.30 bits per heavy atom. The van der Waals surface area contributed by atoms with Crippen LogP contribution in [-0.2, 0) is 4.79 Å². The third-order valence-corrected chi connectivity index (χ3v) is 4.18. The van der Waals surface area contributed by atoms with Crippen molar-refractivity contribution >= 4 is 18.3 Å². The number of rotatable bonds is 3. The molecule has 0 saturated carbocycles. The van der Waals surface area contributed by atoms with Gasteiger partial charge in [-0.15, -0.1) is 12.4 Å². The molecule has 1 saturated heterocycles. The number of hydrogen-bond donors (Lipinski definition) is 2. The van der Waals surface area contributed by atoms with Gasteiger partial charge in [0, 0.05) is 5.92 Å². The van der Waals surface area contributed by atoms with Gasteiger partial charge in [-0.1, -0.05) is 18.2 Å². The molecule has 1 fully saturated rings. The Hall–Kier alpha value is -1.06. The summed E-state index contributed by atoms with van der Waals surface area (Å²) >= 11 is 0. The molecular weight excluding hydrogens is 272 g/mol. The molecule has 1 unspecified atom stereocenters. The molecule has 0 aromatic heterocycles. The zero-order valence-electron chi connectivity index (χ0n) is 12.5. The van der Waals surface area contributed by atoms with E-state index < -0.39 is 0 Å². The van der Waals surface area contributed by atoms with Gasteiger partial charge < -0.3 is 10.6 Å². The Bertz CT molecular complexity index is 456. The van der Waals surface area contributed by atoms with E-state index in [0.717, 1.165) is 25.9 Å². The van der Waals surface area contributed by atoms with E-state index >= 15 is 0 Å². The highest BCUT2D eigenvalue weighted by atomic mass is 35.5. The van der Waals surface area contributed by atoms with E-state index in [2.05, 4.69) is 49.6 Å². The Morgan fingerprint density at radius 3 is 2.60 bits per heavy atom. The van der Waals surface area contributed by atoms with Crippen LogP contribution in [-0.4, -0.2) is 19.0 Å². The lowest BCUT2D eigenvalue weighted by molar-refractivity contribution is -0.126. The van der Waals surface area contributed by atoms with E-state index in [1.807, 2.05) is 0 Å². The standard InChI is InChI=1S/C16H24N2O.ClH/c1-11-5-4-6-15(12(11)2)13(3)18-16(19)14-7-9-17-10-8-14;/h4-6,13-14,17H,7-10H2,1-3H3,(H,18,19);1H. The second kappa shape index (κ2) is 7.65. The molecule has 0 bridgehead atoms. The average Bonchev–Trinajstić information content (AvgIpc) is 2.42. The normalized spacial score (nSPS) is 17.1. The van der Waals surface area contributed by atoms with Gasteiger partial charge in [-0.05, 0) is 63.4 Å². The second-order valence-corrected chi connectivity index (χ2v) is 5.54. The van der Waals surface area contributed by atoms with Crippen LogP contribution in [0.2, 0.25) is 0 Å². The largest absolute Gasteiger partial charge is 0.349 e. The lowest BCUT2D eigenvalue weighted by Gasteiger charge is -2.25. The maximum Gasteiger partial charge on any atom is 0.223 e. The molecule has 1 heterocycles. The van der Waals surface area contributed by atoms with Crippen LogP contribution in [0.5, 0.6) is 0 Å². The number of nitrogens with one attached hydrogen (secondary N) is 2. The van der Waals surface area contributed by atoms with E-state index in [1.165, 1.54) is 16.7 Å². The average molecular weight is 297 g/mol. The van der Waals surface area contributed by atoms with Gasteiger partial charge in [-0.25, -0.2) is 0 Å². The highest BCUT2D eigenvalue weighted by Crippen LogP contribution is 2.21. The zero-order chi connectivity index (χ0) is 13.8. The number of halogens is 1. The summed E-state index contributed by atoms with van der Waals surface area (Å²) in [7, 11) is 0. The van der Waals surface area contributed by atoms with E-state index in [1.54, 1.807) is 0 Å². The van der Waals surface area contributed by atoms with Gasteiger partial charge in [0.1, 0.15) is 0 Å². The Labute approximate surface area is 127 Å². The highest BCUT2D eigenvalue weighted by molar-refractivity contribution is 5.85. The first-order chi connectivity index (χ1) is 9.09. The monoisotopic (exact) mass is 296 g/mol. The van der Waals surface area contributed by atoms with Gasteiger partial charge in [0.25, 0.3) is 0 Å². The van der Waals surface area contributed by atoms with Crippen LogP contribution in [0, 0.1) is 19.8 Å². The molecule has 1 aliphatic heterocycles. The van der Waals surface area contributed by atoms with Crippen molar-refractivity contribution in [3.8, 4) is 0 Å². The second-order valence-electron chi connectivity index (χ2n) is 5.54. The maximum atomic E-state index is 12.2. The molecule has 20 heavy (non-hydrogen) atoms. The molecule has 1 aliphatic rings. The van der Waals surface area contributed by atoms with E-state index in [4.69, 9.17) is 0 Å². The van der Waals surface area contributed by atoms with Crippen molar-refractivity contribution < 1.29 is 4.79 Å². The van der Waals surface area contributed by atoms with Gasteiger partial charge in [0.2, 0.25) is 5.91 Å². The van der Waals surface area contributed by atoms with Gasteiger partial charge in [0.15, 0.2) is 0 Å². The van der Waals surface area contributed by atoms with Crippen molar-refractivity contribution in [2.45, 2.75) is 39.7 Å². The number of carbonyl (C=O) groups is 1. The van der Waals surface area contributed by atoms with Crippen LogP contribution in [0.25, 0.3) is 0 Å². The molecule has 0 spiro atoms. The molecule has 3 nitrogen and oxygen atoms in total. The van der Waals surface area contributed by atoms with Crippen LogP contribution in [0.1, 0.15) is 42.5 Å². The molecule has 2 N–H and O–H groups in total. The van der Waals surface area contributed by atoms with E-state index in [-0.39, 0.29) is 30.3 Å². The predicted octanol–water partition coefficient (Wildman–Crippen LogP) is 2.90. The SMILES string of the molecule is Cc1cccc(C(C)NC(=O)C2CCNCC2)c1C.Cl. The third-order valence-electron chi connectivity index (χ3n) is 4.18. The predicted molar refractivity (Wildman–Crippen MR) is 85.3 cm³/mol. The lowest BCUT2D eigenvalue weighted by Crippen LogP contribution is -2.39. The summed E-state index contributed by atoms with van der Waals surface area (Å²) in [6.07, 6.45) is 1.90. The van der Waals surface area contributed by atoms with Crippen molar-refractivity contribution in [2.75, 3.05) is 13.1 Å². The molecule has 0 aliphatic carbocycles. The first-order valence-corrected chi connectivity index (χ1v) is 7.17. The summed E-state index contributed by atoms with van der Waals surface area (Å²) in [5, 5.41) is 6.46. The fraction of sp³-hybridized carbons (Fsp3) is 0.562. The molecule has 1 aromatic rings. The summed E-state index contributed by atoms with van der Waals surface area (Å²) in [5.74, 6) is 0.378. The van der Waals surface area contributed by atoms with Crippen molar-refractivity contribution in [3.05, 3.63) is 34.9 Å². The van der Waals surface area contributed by atoms with Crippen LogP contribution >= 0.6 is 12.4 Å². The third kappa shape index (κ3) is 3.97. The van der Waals surface area contributed by atoms with Crippen molar-refractivity contribution in [1.82, 2.24) is 10.6 Å². The summed E-state index contributed by atoms with van der Waals surface area (Å²) in [5.41, 5.74) is 3.78. The topological polar surface area (TPSA) is 41.1 Å². The number of hydrogen-bond acceptors (Lipinski definition) is 2. The summed E-state index contributed by atoms with van der Waals surface area (Å²) in [4.78, 5) is 12.2. The first-order valence-electron chi connectivity index (χ1n) is 7.17. The highest BCUT2D eigenvalue weighted by Gasteiger charge is 2.22. The summed E-state index contributed by atoms with van der Waals surface area (Å²) in [6.45, 7) is 8.21. The smallest absolute Gasteiger partial charge is 0.223 e. The fourth-order valence-corrected chi connectivity index (χ4v) is 2.74. The molecule has 4 heteroatoms. The molecule has 1 aromatic carbocycles.